The Balaban J connectivity index is 0.974. The summed E-state index contributed by atoms with van der Waals surface area (Å²) in [7, 11) is 0. The molecule has 0 unspecified atom stereocenters. The Bertz CT molecular complexity index is 4260. The lowest BCUT2D eigenvalue weighted by Crippen LogP contribution is -2.22. The van der Waals surface area contributed by atoms with Gasteiger partial charge in [0.1, 0.15) is 22.3 Å². The van der Waals surface area contributed by atoms with Gasteiger partial charge in [0.15, 0.2) is 0 Å². The summed E-state index contributed by atoms with van der Waals surface area (Å²) in [6, 6.07) is 56.3. The van der Waals surface area contributed by atoms with E-state index in [1.807, 2.05) is 0 Å². The van der Waals surface area contributed by atoms with Crippen molar-refractivity contribution in [2.75, 3.05) is 0 Å². The predicted octanol–water partition coefficient (Wildman–Crippen LogP) is 24.6. The van der Waals surface area contributed by atoms with Gasteiger partial charge in [-0.25, -0.2) is 0 Å². The monoisotopic (exact) mass is 1130 g/mol. The number of fused-ring (bicyclic) bond motifs is 14. The minimum atomic E-state index is -0.335. The molecule has 0 spiro atoms. The lowest BCUT2D eigenvalue weighted by atomic mass is 9.71. The summed E-state index contributed by atoms with van der Waals surface area (Å²) in [5, 5.41) is 4.70. The fourth-order valence-electron chi connectivity index (χ4n) is 14.9. The molecule has 9 aromatic carbocycles. The van der Waals surface area contributed by atoms with Gasteiger partial charge in [-0.3, -0.25) is 0 Å². The van der Waals surface area contributed by atoms with Crippen LogP contribution in [0.15, 0.2) is 154 Å². The lowest BCUT2D eigenvalue weighted by molar-refractivity contribution is 0.550. The molecule has 11 aromatic rings. The van der Waals surface area contributed by atoms with Gasteiger partial charge in [-0.15, -0.1) is 0 Å². The standard InChI is InChI=1S/C84H90O2/c1-77(2,3)51-39-61(79(7,8)9)69(62(40-51)80(10,11)12)49-35-31-47(32-36-49)55-43-65-71(73-53-27-23-25-29-67(53)85-75(55)73)57-45-60-58(46-59(57)83(65,19)20)72-66(84(60,21)22)44-56(76-74(72)54-28-24-26-30-68(54)86-76)48-33-37-50(38-34-48)70-63(81(13,14)15)41-52(78(4,5)6)42-64(70)82(16,17)18/h23-46H,1-22H3. The summed E-state index contributed by atoms with van der Waals surface area (Å²) in [6.45, 7) is 52.2. The van der Waals surface area contributed by atoms with Gasteiger partial charge >= 0.3 is 0 Å². The van der Waals surface area contributed by atoms with E-state index < -0.39 is 0 Å². The van der Waals surface area contributed by atoms with Gasteiger partial charge in [0.2, 0.25) is 0 Å². The fourth-order valence-corrected chi connectivity index (χ4v) is 14.9. The van der Waals surface area contributed by atoms with Crippen LogP contribution in [0.3, 0.4) is 0 Å². The second-order valence-electron chi connectivity index (χ2n) is 33.0. The zero-order valence-electron chi connectivity index (χ0n) is 55.7. The maximum Gasteiger partial charge on any atom is 0.143 e. The molecule has 0 saturated carbocycles. The van der Waals surface area contributed by atoms with Crippen molar-refractivity contribution in [3.8, 4) is 66.8 Å². The first-order valence-electron chi connectivity index (χ1n) is 31.7. The highest BCUT2D eigenvalue weighted by Crippen LogP contribution is 2.62. The van der Waals surface area contributed by atoms with E-state index in [2.05, 4.69) is 298 Å². The highest BCUT2D eigenvalue weighted by Gasteiger charge is 2.45. The number of para-hydroxylation sites is 2. The summed E-state index contributed by atoms with van der Waals surface area (Å²) in [5.41, 5.74) is 31.6. The van der Waals surface area contributed by atoms with Crippen LogP contribution in [0, 0.1) is 0 Å². The Labute approximate surface area is 513 Å². The van der Waals surface area contributed by atoms with Crippen molar-refractivity contribution in [1.29, 1.82) is 0 Å². The summed E-state index contributed by atoms with van der Waals surface area (Å²) in [5.74, 6) is 0. The van der Waals surface area contributed by atoms with Crippen molar-refractivity contribution in [3.05, 3.63) is 201 Å². The van der Waals surface area contributed by atoms with E-state index in [1.165, 1.54) is 111 Å². The van der Waals surface area contributed by atoms with Crippen LogP contribution in [0.25, 0.3) is 111 Å². The van der Waals surface area contributed by atoms with Crippen molar-refractivity contribution in [1.82, 2.24) is 0 Å². The summed E-state index contributed by atoms with van der Waals surface area (Å²) in [6.07, 6.45) is 0. The Morgan fingerprint density at radius 1 is 0.279 bits per heavy atom. The molecule has 2 aliphatic carbocycles. The third-order valence-corrected chi connectivity index (χ3v) is 19.9. The van der Waals surface area contributed by atoms with Crippen LogP contribution < -0.4 is 0 Å². The molecule has 2 aromatic heterocycles. The van der Waals surface area contributed by atoms with Crippen molar-refractivity contribution in [2.45, 2.75) is 196 Å². The molecule has 2 nitrogen and oxygen atoms in total. The van der Waals surface area contributed by atoms with Gasteiger partial charge in [0.25, 0.3) is 0 Å². The van der Waals surface area contributed by atoms with Gasteiger partial charge in [0, 0.05) is 43.5 Å². The van der Waals surface area contributed by atoms with E-state index in [0.29, 0.717) is 0 Å². The molecule has 2 aliphatic rings. The first kappa shape index (κ1) is 57.6. The Morgan fingerprint density at radius 2 is 0.558 bits per heavy atom. The van der Waals surface area contributed by atoms with E-state index in [9.17, 15) is 0 Å². The zero-order chi connectivity index (χ0) is 61.7. The minimum absolute atomic E-state index is 0.0255. The largest absolute Gasteiger partial charge is 0.455 e. The Hall–Kier alpha value is -7.42. The molecule has 0 N–H and O–H groups in total. The second kappa shape index (κ2) is 18.6. The van der Waals surface area contributed by atoms with Crippen molar-refractivity contribution >= 4 is 43.9 Å². The normalized spacial score (nSPS) is 15.0. The molecule has 0 bridgehead atoms. The van der Waals surface area contributed by atoms with Crippen LogP contribution in [-0.2, 0) is 43.3 Å². The smallest absolute Gasteiger partial charge is 0.143 e. The number of benzene rings is 9. The molecule has 438 valence electrons. The molecule has 13 rings (SSSR count). The summed E-state index contributed by atoms with van der Waals surface area (Å²) >= 11 is 0. The second-order valence-corrected chi connectivity index (χ2v) is 33.0. The molecule has 2 heteroatoms. The van der Waals surface area contributed by atoms with E-state index >= 15 is 0 Å². The minimum Gasteiger partial charge on any atom is -0.455 e. The van der Waals surface area contributed by atoms with Crippen LogP contribution in [0.4, 0.5) is 0 Å². The number of hydrogen-bond acceptors (Lipinski definition) is 2. The van der Waals surface area contributed by atoms with Gasteiger partial charge in [-0.2, -0.15) is 0 Å². The molecule has 2 heterocycles. The number of hydrogen-bond donors (Lipinski definition) is 0. The average Bonchev–Trinajstić information content (AvgIpc) is 1.52. The molecule has 0 saturated heterocycles. The van der Waals surface area contributed by atoms with E-state index in [4.69, 9.17) is 8.83 Å². The van der Waals surface area contributed by atoms with Gasteiger partial charge in [-0.1, -0.05) is 262 Å². The van der Waals surface area contributed by atoms with E-state index in [-0.39, 0.29) is 43.3 Å². The van der Waals surface area contributed by atoms with Crippen LogP contribution in [0.1, 0.15) is 208 Å². The molecule has 0 aliphatic heterocycles. The number of furan rings is 2. The Morgan fingerprint density at radius 3 is 0.849 bits per heavy atom. The van der Waals surface area contributed by atoms with Gasteiger partial charge in [-0.05, 0) is 180 Å². The highest BCUT2D eigenvalue weighted by atomic mass is 16.3. The molecule has 86 heavy (non-hydrogen) atoms. The first-order valence-corrected chi connectivity index (χ1v) is 31.7. The molecule has 0 fully saturated rings. The van der Waals surface area contributed by atoms with Crippen molar-refractivity contribution in [3.63, 3.8) is 0 Å². The summed E-state index contributed by atoms with van der Waals surface area (Å²) < 4.78 is 14.3. The maximum absolute atomic E-state index is 7.13. The fraction of sp³-hybridized carbons (Fsp3) is 0.357. The van der Waals surface area contributed by atoms with Gasteiger partial charge < -0.3 is 8.83 Å². The van der Waals surface area contributed by atoms with Crippen LogP contribution in [-0.4, -0.2) is 0 Å². The topological polar surface area (TPSA) is 26.3 Å². The average molecular weight is 1130 g/mol. The third-order valence-electron chi connectivity index (χ3n) is 19.9. The van der Waals surface area contributed by atoms with Crippen LogP contribution in [0.2, 0.25) is 0 Å². The first-order chi connectivity index (χ1) is 40.0. The van der Waals surface area contributed by atoms with E-state index in [0.717, 1.165) is 55.4 Å². The van der Waals surface area contributed by atoms with Crippen molar-refractivity contribution < 1.29 is 8.83 Å². The summed E-state index contributed by atoms with van der Waals surface area (Å²) in [4.78, 5) is 0. The predicted molar refractivity (Wildman–Crippen MR) is 370 cm³/mol. The van der Waals surface area contributed by atoms with Crippen molar-refractivity contribution in [2.24, 2.45) is 0 Å². The lowest BCUT2D eigenvalue weighted by Gasteiger charge is -2.34. The van der Waals surface area contributed by atoms with Crippen LogP contribution in [0.5, 0.6) is 0 Å². The molecule has 0 atom stereocenters. The quantitative estimate of drug-likeness (QED) is 0.176. The highest BCUT2D eigenvalue weighted by molar-refractivity contribution is 6.21. The molecular formula is C84H90O2. The number of rotatable bonds is 4. The molecule has 0 amide bonds. The van der Waals surface area contributed by atoms with E-state index in [1.54, 1.807) is 0 Å². The molecular weight excluding hydrogens is 1040 g/mol. The maximum atomic E-state index is 7.13. The van der Waals surface area contributed by atoms with Crippen LogP contribution >= 0.6 is 0 Å². The van der Waals surface area contributed by atoms with Gasteiger partial charge in [0.05, 0.1) is 0 Å². The Kier molecular flexibility index (Phi) is 12.4. The SMILES string of the molecule is CC(C)(C)c1cc(C(C)(C)C)c(-c2ccc(-c3cc4c(c5c3oc3ccccc35)-c3cc5c(cc3C4(C)C)-c3c(cc(-c4ccc(-c6c(C(C)(C)C)cc(C(C)(C)C)cc6C(C)(C)C)cc4)c4oc6ccccc6c34)C5(C)C)cc2)c(C(C)(C)C)c1. The third kappa shape index (κ3) is 8.83. The molecule has 0 radical (unpaired) electrons. The zero-order valence-corrected chi connectivity index (χ0v) is 55.7.